The summed E-state index contributed by atoms with van der Waals surface area (Å²) in [5.74, 6) is -0.113. The topological polar surface area (TPSA) is 254 Å². The van der Waals surface area contributed by atoms with Crippen molar-refractivity contribution in [3.8, 4) is 23.0 Å². The minimum absolute atomic E-state index is 0. The molecule has 0 heterocycles. The molecule has 0 aromatic heterocycles. The van der Waals surface area contributed by atoms with Gasteiger partial charge in [-0.15, -0.1) is 0 Å². The van der Waals surface area contributed by atoms with Gasteiger partial charge in [-0.05, 0) is 0 Å². The maximum absolute atomic E-state index is 15.2. The summed E-state index contributed by atoms with van der Waals surface area (Å²) in [6.45, 7) is 4.14. The van der Waals surface area contributed by atoms with E-state index in [1.165, 1.54) is 0 Å². The van der Waals surface area contributed by atoms with Crippen LogP contribution in [0.5, 0.6) is 23.0 Å². The normalized spacial score (nSPS) is 12.4. The predicted molar refractivity (Wildman–Crippen MR) is 278 cm³/mol. The Balaban J connectivity index is 0.00000385. The van der Waals surface area contributed by atoms with Crippen LogP contribution in [-0.2, 0) is 11.9 Å². The number of hydrogen-bond acceptors (Lipinski definition) is 9. The zero-order chi connectivity index (χ0) is 44.3. The number of anilines is 2. The second-order valence-corrected chi connectivity index (χ2v) is 27.0. The van der Waals surface area contributed by atoms with Crippen LogP contribution >= 0.6 is 39.6 Å². The first kappa shape index (κ1) is 58.4. The molecular weight excluding hydrogens is 1060 g/mol. The number of thiocarbonyl (C=S) groups is 2. The summed E-state index contributed by atoms with van der Waals surface area (Å²) in [4.78, 5) is 0. The minimum Gasteiger partial charge on any atom is -0.412 e. The zero-order valence-electron chi connectivity index (χ0n) is 36.6. The van der Waals surface area contributed by atoms with Crippen LogP contribution in [0.2, 0.25) is 9.50 Å². The van der Waals surface area contributed by atoms with Crippen molar-refractivity contribution in [3.63, 3.8) is 0 Å². The van der Waals surface area contributed by atoms with Crippen LogP contribution in [-0.4, -0.2) is 75.2 Å². The number of nitrogens with one attached hydrogen (secondary N) is 4. The first-order valence-corrected chi connectivity index (χ1v) is 28.3. The van der Waals surface area contributed by atoms with Crippen LogP contribution in [0.15, 0.2) is 182 Å². The zero-order valence-corrected chi connectivity index (χ0v) is 44.2. The van der Waals surface area contributed by atoms with Crippen molar-refractivity contribution in [3.05, 3.63) is 182 Å². The molecule has 4 atom stereocenters. The molecule has 21 heteroatoms. The monoisotopic (exact) mass is 1110 g/mol. The summed E-state index contributed by atoms with van der Waals surface area (Å²) in [7, 11) is -8.04. The molecule has 12 N–H and O–H groups in total. The largest absolute Gasteiger partial charge is 0.412 e. The third kappa shape index (κ3) is 19.4. The Morgan fingerprint density at radius 3 is 0.940 bits per heavy atom. The molecule has 6 aromatic rings. The number of para-hydroxylation sites is 6. The van der Waals surface area contributed by atoms with Gasteiger partial charge in [0.15, 0.2) is 0 Å². The summed E-state index contributed by atoms with van der Waals surface area (Å²) >= 11 is 9.39. The van der Waals surface area contributed by atoms with Crippen molar-refractivity contribution >= 4 is 92.8 Å². The molecule has 0 fully saturated rings. The summed E-state index contributed by atoms with van der Waals surface area (Å²) < 4.78 is 62.0. The van der Waals surface area contributed by atoms with Crippen molar-refractivity contribution in [2.45, 2.75) is 47.8 Å². The molecule has 0 aliphatic rings. The van der Waals surface area contributed by atoms with Crippen molar-refractivity contribution in [2.24, 2.45) is 0 Å². The second-order valence-electron chi connectivity index (χ2n) is 14.3. The molecule has 0 spiro atoms. The smallest absolute Gasteiger partial charge is 0.412 e. The number of rotatable bonds is 22. The maximum Gasteiger partial charge on any atom is -0.412 e. The molecule has 356 valence electrons. The van der Waals surface area contributed by atoms with Crippen LogP contribution in [0.3, 0.4) is 0 Å². The molecule has 15 nitrogen and oxygen atoms in total. The Labute approximate surface area is 416 Å². The van der Waals surface area contributed by atoms with E-state index in [2.05, 4.69) is 35.1 Å². The van der Waals surface area contributed by atoms with Crippen LogP contribution in [0.4, 0.5) is 11.4 Å². The second kappa shape index (κ2) is 29.9. The first-order chi connectivity index (χ1) is 30.5. The van der Waals surface area contributed by atoms with Gasteiger partial charge in [0.25, 0.3) is 0 Å². The fraction of sp³-hybridized carbons (Fsp3) is 0.174. The first-order valence-electron chi connectivity index (χ1n) is 20.2. The number of benzene rings is 6. The molecule has 0 aliphatic heterocycles. The summed E-state index contributed by atoms with van der Waals surface area (Å²) in [6, 6.07) is 54.9. The minimum atomic E-state index is -4.02. The van der Waals surface area contributed by atoms with Gasteiger partial charge in [0.05, 0.1) is 0 Å². The molecule has 0 amide bonds. The van der Waals surface area contributed by atoms with Crippen LogP contribution in [0, 0.1) is 0 Å². The van der Waals surface area contributed by atoms with E-state index >= 15 is 9.13 Å². The molecule has 6 aromatic carbocycles. The average molecular weight is 1110 g/mol. The van der Waals surface area contributed by atoms with E-state index in [0.29, 0.717) is 35.8 Å². The fourth-order valence-corrected chi connectivity index (χ4v) is 19.0. The quantitative estimate of drug-likeness (QED) is 0.0282. The molecule has 67 heavy (non-hydrogen) atoms. The third-order valence-electron chi connectivity index (χ3n) is 9.00. The van der Waals surface area contributed by atoms with Crippen molar-refractivity contribution in [1.82, 2.24) is 10.6 Å². The molecule has 0 saturated carbocycles. The molecule has 4 radical (unpaired) electrons. The Morgan fingerprint density at radius 2 is 0.687 bits per heavy atom. The molecular formula is C46H56Ge2N4O11P2S2. The Kier molecular flexibility index (Phi) is 26.0. The van der Waals surface area contributed by atoms with Gasteiger partial charge in [-0.3, -0.25) is 0 Å². The van der Waals surface area contributed by atoms with Gasteiger partial charge in [0, 0.05) is 0 Å². The van der Waals surface area contributed by atoms with E-state index in [-0.39, 0.29) is 41.6 Å². The predicted octanol–water partition coefficient (Wildman–Crippen LogP) is 8.67. The molecule has 0 aliphatic carbocycles. The summed E-state index contributed by atoms with van der Waals surface area (Å²) in [5.41, 5.74) is 1.55. The van der Waals surface area contributed by atoms with Gasteiger partial charge in [0.1, 0.15) is 0 Å². The van der Waals surface area contributed by atoms with Gasteiger partial charge in [-0.1, -0.05) is 0 Å². The molecule has 0 bridgehead atoms. The average Bonchev–Trinajstić information content (AvgIpc) is 3.28. The Hall–Kier alpha value is -4.75. The van der Waals surface area contributed by atoms with Crippen LogP contribution in [0.1, 0.15) is 26.7 Å². The Bertz CT molecular complexity index is 2160. The molecule has 4 unspecified atom stereocenters. The van der Waals surface area contributed by atoms with E-state index in [1.54, 1.807) is 48.5 Å². The van der Waals surface area contributed by atoms with E-state index in [9.17, 15) is 0 Å². The standard InChI is InChI=1S/C46H48Ge2N4O7P2S2.4H2O/c1-35(33-43(51-45(62)49-37-21-9-3-10-22-37)60(53,55-39-25-13-5-14-26-39)56-40-27-15-6-16-28-40)47-59-48-36(2)34-44(52-46(63)50-38-23-11-4-12-24-38)61(54,57-41-29-17-7-18-30-41)58-42-31-19-8-20-32-42;;;;/h3-32,35-36,43-44H,33-34H2,1-2H3,(H2,49,51,62)(H2,50,52,63);4*1H2. The van der Waals surface area contributed by atoms with E-state index in [4.69, 9.17) is 45.3 Å². The van der Waals surface area contributed by atoms with Crippen LogP contribution < -0.4 is 39.4 Å². The van der Waals surface area contributed by atoms with E-state index in [0.717, 1.165) is 11.4 Å². The van der Waals surface area contributed by atoms with Gasteiger partial charge in [-0.25, -0.2) is 0 Å². The fourth-order valence-electron chi connectivity index (χ4n) is 6.02. The number of hydrogen-bond donors (Lipinski definition) is 4. The van der Waals surface area contributed by atoms with Gasteiger partial charge < -0.3 is 21.9 Å². The van der Waals surface area contributed by atoms with Gasteiger partial charge in [-0.2, -0.15) is 0 Å². The molecule has 0 saturated heterocycles. The Morgan fingerprint density at radius 1 is 0.448 bits per heavy atom. The van der Waals surface area contributed by atoms with Crippen molar-refractivity contribution in [1.29, 1.82) is 0 Å². The maximum atomic E-state index is 15.2. The van der Waals surface area contributed by atoms with Gasteiger partial charge in [0.2, 0.25) is 0 Å². The summed E-state index contributed by atoms with van der Waals surface area (Å²) in [6.07, 6.45) is 0.728. The van der Waals surface area contributed by atoms with E-state index < -0.39 is 58.3 Å². The SMILES string of the molecule is C[CH](CC(NC(=S)Nc1ccccc1)P(=O)(Oc1ccccc1)Oc1ccccc1)[Ge][O][Ge][CH](C)CC(NC(=S)Nc1ccccc1)P(=O)(Oc1ccccc1)Oc1ccccc1.O.O.O.O. The van der Waals surface area contributed by atoms with Gasteiger partial charge >= 0.3 is 397 Å². The van der Waals surface area contributed by atoms with E-state index in [1.807, 2.05) is 133 Å². The third-order valence-corrected chi connectivity index (χ3v) is 19.2. The summed E-state index contributed by atoms with van der Waals surface area (Å²) in [5, 5.41) is 13.5. The van der Waals surface area contributed by atoms with Crippen molar-refractivity contribution < 1.29 is 51.9 Å². The molecule has 6 rings (SSSR count). The van der Waals surface area contributed by atoms with Crippen molar-refractivity contribution in [2.75, 3.05) is 10.6 Å². The van der Waals surface area contributed by atoms with Crippen LogP contribution in [0.25, 0.3) is 0 Å².